The van der Waals surface area contributed by atoms with Gasteiger partial charge in [-0.2, -0.15) is 13.2 Å². The Morgan fingerprint density at radius 1 is 1.46 bits per heavy atom. The number of amides is 1. The summed E-state index contributed by atoms with van der Waals surface area (Å²) in [5.41, 5.74) is 0. The van der Waals surface area contributed by atoms with Crippen LogP contribution in [0.3, 0.4) is 0 Å². The molecule has 0 radical (unpaired) electrons. The molecular weight excluding hydrogens is 187 g/mol. The molecule has 0 aromatic rings. The van der Waals surface area contributed by atoms with Crippen molar-refractivity contribution in [2.45, 2.75) is 19.0 Å². The fourth-order valence-electron chi connectivity index (χ4n) is 0.714. The van der Waals surface area contributed by atoms with Gasteiger partial charge in [0.25, 0.3) is 0 Å². The lowest BCUT2D eigenvalue weighted by Gasteiger charge is -2.15. The minimum absolute atomic E-state index is 0.0662. The molecule has 13 heavy (non-hydrogen) atoms. The van der Waals surface area contributed by atoms with E-state index in [-0.39, 0.29) is 13.2 Å². The van der Waals surface area contributed by atoms with Crippen LogP contribution in [0.15, 0.2) is 0 Å². The van der Waals surface area contributed by atoms with E-state index in [0.717, 1.165) is 4.90 Å². The molecule has 0 aromatic heterocycles. The normalized spacial score (nSPS) is 11.5. The molecule has 0 unspecified atom stereocenters. The van der Waals surface area contributed by atoms with E-state index in [1.54, 1.807) is 0 Å². The SMILES string of the molecule is CN(CCO)C(=O)CCC(F)(F)F. The van der Waals surface area contributed by atoms with E-state index in [4.69, 9.17) is 5.11 Å². The molecule has 0 heterocycles. The molecule has 1 amide bonds. The summed E-state index contributed by atoms with van der Waals surface area (Å²) in [5, 5.41) is 8.40. The van der Waals surface area contributed by atoms with Crippen LogP contribution in [0.5, 0.6) is 0 Å². The summed E-state index contributed by atoms with van der Waals surface area (Å²) in [4.78, 5) is 12.0. The highest BCUT2D eigenvalue weighted by Gasteiger charge is 2.28. The Kier molecular flexibility index (Phi) is 4.76. The van der Waals surface area contributed by atoms with Crippen molar-refractivity contribution in [3.05, 3.63) is 0 Å². The predicted molar refractivity (Wildman–Crippen MR) is 40.0 cm³/mol. The van der Waals surface area contributed by atoms with Gasteiger partial charge < -0.3 is 10.0 Å². The summed E-state index contributed by atoms with van der Waals surface area (Å²) in [5.74, 6) is -0.605. The van der Waals surface area contributed by atoms with Crippen molar-refractivity contribution >= 4 is 5.91 Å². The van der Waals surface area contributed by atoms with Gasteiger partial charge in [-0.15, -0.1) is 0 Å². The summed E-state index contributed by atoms with van der Waals surface area (Å²) in [6.45, 7) is -0.176. The Hall–Kier alpha value is -0.780. The molecule has 0 saturated carbocycles. The smallest absolute Gasteiger partial charge is 0.389 e. The standard InChI is InChI=1S/C7H12F3NO2/c1-11(4-5-12)6(13)2-3-7(8,9)10/h12H,2-5H2,1H3. The first-order valence-electron chi connectivity index (χ1n) is 3.78. The van der Waals surface area contributed by atoms with Gasteiger partial charge in [-0.3, -0.25) is 4.79 Å². The zero-order valence-electron chi connectivity index (χ0n) is 7.26. The van der Waals surface area contributed by atoms with Gasteiger partial charge in [-0.05, 0) is 0 Å². The molecular formula is C7H12F3NO2. The van der Waals surface area contributed by atoms with E-state index in [1.807, 2.05) is 0 Å². The van der Waals surface area contributed by atoms with Gasteiger partial charge in [0.1, 0.15) is 0 Å². The van der Waals surface area contributed by atoms with Gasteiger partial charge in [-0.25, -0.2) is 0 Å². The van der Waals surface area contributed by atoms with Crippen LogP contribution in [0.4, 0.5) is 13.2 Å². The van der Waals surface area contributed by atoms with E-state index in [9.17, 15) is 18.0 Å². The largest absolute Gasteiger partial charge is 0.395 e. The molecule has 0 bridgehead atoms. The van der Waals surface area contributed by atoms with Crippen LogP contribution >= 0.6 is 0 Å². The van der Waals surface area contributed by atoms with Crippen molar-refractivity contribution in [1.29, 1.82) is 0 Å². The third-order valence-electron chi connectivity index (χ3n) is 1.48. The van der Waals surface area contributed by atoms with Gasteiger partial charge in [0, 0.05) is 20.0 Å². The maximum absolute atomic E-state index is 11.6. The average Bonchev–Trinajstić information content (AvgIpc) is 1.99. The lowest BCUT2D eigenvalue weighted by molar-refractivity contribution is -0.148. The van der Waals surface area contributed by atoms with Crippen LogP contribution in [0.2, 0.25) is 0 Å². The zero-order valence-corrected chi connectivity index (χ0v) is 7.26. The monoisotopic (exact) mass is 199 g/mol. The van der Waals surface area contributed by atoms with E-state index >= 15 is 0 Å². The lowest BCUT2D eigenvalue weighted by atomic mass is 10.3. The second kappa shape index (κ2) is 5.06. The van der Waals surface area contributed by atoms with Crippen LogP contribution in [-0.2, 0) is 4.79 Å². The number of hydrogen-bond acceptors (Lipinski definition) is 2. The minimum atomic E-state index is -4.30. The molecule has 3 nitrogen and oxygen atoms in total. The minimum Gasteiger partial charge on any atom is -0.395 e. The van der Waals surface area contributed by atoms with Crippen LogP contribution in [0.1, 0.15) is 12.8 Å². The fraction of sp³-hybridized carbons (Fsp3) is 0.857. The summed E-state index contributed by atoms with van der Waals surface area (Å²) in [6, 6.07) is 0. The molecule has 0 aliphatic carbocycles. The topological polar surface area (TPSA) is 40.5 Å². The Balaban J connectivity index is 3.74. The summed E-state index contributed by atoms with van der Waals surface area (Å²) >= 11 is 0. The highest BCUT2D eigenvalue weighted by Crippen LogP contribution is 2.21. The Morgan fingerprint density at radius 2 is 2.00 bits per heavy atom. The summed E-state index contributed by atoms with van der Waals surface area (Å²) < 4.78 is 34.9. The number of rotatable bonds is 4. The highest BCUT2D eigenvalue weighted by molar-refractivity contribution is 5.75. The highest BCUT2D eigenvalue weighted by atomic mass is 19.4. The molecule has 0 saturated heterocycles. The molecule has 6 heteroatoms. The van der Waals surface area contributed by atoms with Gasteiger partial charge >= 0.3 is 6.18 Å². The number of carbonyl (C=O) groups is 1. The maximum Gasteiger partial charge on any atom is 0.389 e. The van der Waals surface area contributed by atoms with Crippen molar-refractivity contribution in [2.75, 3.05) is 20.2 Å². The van der Waals surface area contributed by atoms with Crippen molar-refractivity contribution in [3.8, 4) is 0 Å². The quantitative estimate of drug-likeness (QED) is 0.726. The van der Waals surface area contributed by atoms with E-state index in [1.165, 1.54) is 7.05 Å². The van der Waals surface area contributed by atoms with Crippen LogP contribution in [-0.4, -0.2) is 42.3 Å². The molecule has 0 fully saturated rings. The van der Waals surface area contributed by atoms with Crippen molar-refractivity contribution < 1.29 is 23.1 Å². The van der Waals surface area contributed by atoms with Crippen molar-refractivity contribution in [1.82, 2.24) is 4.90 Å². The van der Waals surface area contributed by atoms with Crippen molar-refractivity contribution in [2.24, 2.45) is 0 Å². The zero-order chi connectivity index (χ0) is 10.5. The van der Waals surface area contributed by atoms with E-state index < -0.39 is 24.9 Å². The van der Waals surface area contributed by atoms with Gasteiger partial charge in [0.15, 0.2) is 0 Å². The molecule has 0 atom stereocenters. The predicted octanol–water partition coefficient (Wildman–Crippen LogP) is 0.780. The lowest BCUT2D eigenvalue weighted by Crippen LogP contribution is -2.30. The van der Waals surface area contributed by atoms with Gasteiger partial charge in [0.05, 0.1) is 13.0 Å². The number of likely N-dealkylation sites (N-methyl/N-ethyl adjacent to an activating group) is 1. The average molecular weight is 199 g/mol. The molecule has 0 aliphatic heterocycles. The number of aliphatic hydroxyl groups excluding tert-OH is 1. The maximum atomic E-state index is 11.6. The van der Waals surface area contributed by atoms with Crippen LogP contribution in [0.25, 0.3) is 0 Å². The molecule has 0 aliphatic rings. The molecule has 0 spiro atoms. The van der Waals surface area contributed by atoms with Crippen LogP contribution in [0, 0.1) is 0 Å². The number of alkyl halides is 3. The number of hydrogen-bond donors (Lipinski definition) is 1. The van der Waals surface area contributed by atoms with Gasteiger partial charge in [-0.1, -0.05) is 0 Å². The molecule has 1 N–H and O–H groups in total. The second-order valence-corrected chi connectivity index (χ2v) is 2.65. The Bertz CT molecular complexity index is 170. The Labute approximate surface area is 74.1 Å². The summed E-state index contributed by atoms with van der Waals surface area (Å²) in [7, 11) is 1.36. The number of aliphatic hydroxyl groups is 1. The number of halogens is 3. The van der Waals surface area contributed by atoms with E-state index in [0.29, 0.717) is 0 Å². The fourth-order valence-corrected chi connectivity index (χ4v) is 0.714. The second-order valence-electron chi connectivity index (χ2n) is 2.65. The van der Waals surface area contributed by atoms with Gasteiger partial charge in [0.2, 0.25) is 5.91 Å². The van der Waals surface area contributed by atoms with E-state index in [2.05, 4.69) is 0 Å². The molecule has 0 aromatic carbocycles. The first kappa shape index (κ1) is 12.2. The third-order valence-corrected chi connectivity index (χ3v) is 1.48. The number of carbonyl (C=O) groups excluding carboxylic acids is 1. The van der Waals surface area contributed by atoms with Crippen LogP contribution < -0.4 is 0 Å². The molecule has 0 rings (SSSR count). The Morgan fingerprint density at radius 3 is 2.38 bits per heavy atom. The first-order chi connectivity index (χ1) is 5.87. The first-order valence-corrected chi connectivity index (χ1v) is 3.78. The third kappa shape index (κ3) is 6.39. The van der Waals surface area contributed by atoms with Crippen molar-refractivity contribution in [3.63, 3.8) is 0 Å². The molecule has 78 valence electrons. The summed E-state index contributed by atoms with van der Waals surface area (Å²) in [6.07, 6.45) is -5.96. The number of nitrogens with zero attached hydrogens (tertiary/aromatic N) is 1.